The van der Waals surface area contributed by atoms with Crippen molar-refractivity contribution < 1.29 is 19.7 Å². The molecule has 6 nitrogen and oxygen atoms in total. The Kier molecular flexibility index (Phi) is 5.14. The second-order valence-electron chi connectivity index (χ2n) is 4.21. The van der Waals surface area contributed by atoms with Gasteiger partial charge >= 0.3 is 5.97 Å². The number of aliphatic hydroxyl groups is 1. The monoisotopic (exact) mass is 232 g/mol. The van der Waals surface area contributed by atoms with E-state index in [4.69, 9.17) is 9.84 Å². The summed E-state index contributed by atoms with van der Waals surface area (Å²) in [5.41, 5.74) is -1.69. The fraction of sp³-hybridized carbons (Fsp3) is 0.900. The molecule has 0 aliphatic carbocycles. The first-order valence-electron chi connectivity index (χ1n) is 5.49. The summed E-state index contributed by atoms with van der Waals surface area (Å²) in [6.07, 6.45) is 0. The van der Waals surface area contributed by atoms with Gasteiger partial charge in [-0.15, -0.1) is 0 Å². The van der Waals surface area contributed by atoms with Crippen molar-refractivity contribution in [3.63, 3.8) is 0 Å². The average Bonchev–Trinajstić information content (AvgIpc) is 2.26. The topological polar surface area (TPSA) is 82.0 Å². The summed E-state index contributed by atoms with van der Waals surface area (Å²) in [7, 11) is 0. The third-order valence-electron chi connectivity index (χ3n) is 2.64. The Morgan fingerprint density at radius 2 is 2.12 bits per heavy atom. The van der Waals surface area contributed by atoms with E-state index in [1.807, 2.05) is 0 Å². The number of carboxylic acids is 1. The molecule has 3 N–H and O–H groups in total. The molecule has 1 saturated heterocycles. The Morgan fingerprint density at radius 1 is 1.50 bits per heavy atom. The molecule has 1 atom stereocenters. The third kappa shape index (κ3) is 4.44. The van der Waals surface area contributed by atoms with Crippen molar-refractivity contribution in [3.8, 4) is 0 Å². The first-order valence-corrected chi connectivity index (χ1v) is 5.49. The molecule has 0 aromatic rings. The number of rotatable bonds is 6. The molecular formula is C10H20N2O4. The van der Waals surface area contributed by atoms with Crippen LogP contribution in [0.15, 0.2) is 0 Å². The second kappa shape index (κ2) is 6.15. The van der Waals surface area contributed by atoms with Crippen LogP contribution in [0.4, 0.5) is 0 Å². The zero-order chi connectivity index (χ0) is 12.0. The highest BCUT2D eigenvalue weighted by Gasteiger charge is 2.29. The minimum absolute atomic E-state index is 0.0622. The molecule has 0 aromatic heterocycles. The minimum atomic E-state index is -1.69. The molecule has 1 fully saturated rings. The van der Waals surface area contributed by atoms with Crippen molar-refractivity contribution in [2.45, 2.75) is 12.5 Å². The van der Waals surface area contributed by atoms with E-state index in [-0.39, 0.29) is 6.54 Å². The van der Waals surface area contributed by atoms with Crippen LogP contribution in [-0.2, 0) is 9.53 Å². The molecule has 1 unspecified atom stereocenters. The molecule has 0 amide bonds. The molecule has 1 heterocycles. The Bertz CT molecular complexity index is 227. The van der Waals surface area contributed by atoms with Crippen molar-refractivity contribution in [2.24, 2.45) is 0 Å². The summed E-state index contributed by atoms with van der Waals surface area (Å²) in [6, 6.07) is 0. The van der Waals surface area contributed by atoms with Gasteiger partial charge in [0.1, 0.15) is 0 Å². The van der Waals surface area contributed by atoms with Crippen LogP contribution >= 0.6 is 0 Å². The first kappa shape index (κ1) is 13.4. The zero-order valence-corrected chi connectivity index (χ0v) is 9.61. The largest absolute Gasteiger partial charge is 0.479 e. The van der Waals surface area contributed by atoms with Crippen molar-refractivity contribution in [1.29, 1.82) is 0 Å². The number of carboxylic acid groups (broad SMARTS) is 1. The van der Waals surface area contributed by atoms with E-state index in [1.165, 1.54) is 6.92 Å². The highest BCUT2D eigenvalue weighted by Crippen LogP contribution is 2.00. The number of nitrogens with one attached hydrogen (secondary N) is 1. The average molecular weight is 232 g/mol. The lowest BCUT2D eigenvalue weighted by Crippen LogP contribution is -2.47. The Morgan fingerprint density at radius 3 is 2.69 bits per heavy atom. The van der Waals surface area contributed by atoms with Gasteiger partial charge in [-0.2, -0.15) is 0 Å². The standard InChI is InChI=1S/C10H20N2O4/c1-10(15,9(13)14)8-11-2-3-12-4-6-16-7-5-12/h11,15H,2-8H2,1H3,(H,13,14). The van der Waals surface area contributed by atoms with Gasteiger partial charge in [0.15, 0.2) is 5.60 Å². The molecule has 6 heteroatoms. The number of carbonyl (C=O) groups is 1. The highest BCUT2D eigenvalue weighted by molar-refractivity contribution is 5.76. The summed E-state index contributed by atoms with van der Waals surface area (Å²) in [5.74, 6) is -1.20. The van der Waals surface area contributed by atoms with Crippen molar-refractivity contribution in [1.82, 2.24) is 10.2 Å². The molecular weight excluding hydrogens is 212 g/mol. The van der Waals surface area contributed by atoms with E-state index in [2.05, 4.69) is 10.2 Å². The number of nitrogens with zero attached hydrogens (tertiary/aromatic N) is 1. The second-order valence-corrected chi connectivity index (χ2v) is 4.21. The van der Waals surface area contributed by atoms with Crippen LogP contribution < -0.4 is 5.32 Å². The maximum atomic E-state index is 10.6. The summed E-state index contributed by atoms with van der Waals surface area (Å²) >= 11 is 0. The van der Waals surface area contributed by atoms with Crippen LogP contribution in [-0.4, -0.2) is 72.6 Å². The van der Waals surface area contributed by atoms with Gasteiger partial charge in [-0.25, -0.2) is 4.79 Å². The van der Waals surface area contributed by atoms with Crippen LogP contribution in [0.3, 0.4) is 0 Å². The van der Waals surface area contributed by atoms with E-state index >= 15 is 0 Å². The molecule has 1 aliphatic rings. The van der Waals surface area contributed by atoms with Gasteiger partial charge in [0.2, 0.25) is 0 Å². The van der Waals surface area contributed by atoms with Gasteiger partial charge in [-0.05, 0) is 6.92 Å². The molecule has 0 bridgehead atoms. The van der Waals surface area contributed by atoms with Crippen molar-refractivity contribution in [2.75, 3.05) is 45.9 Å². The van der Waals surface area contributed by atoms with E-state index < -0.39 is 11.6 Å². The fourth-order valence-corrected chi connectivity index (χ4v) is 1.47. The SMILES string of the molecule is CC(O)(CNCCN1CCOCC1)C(=O)O. The molecule has 1 rings (SSSR count). The van der Waals surface area contributed by atoms with Gasteiger partial charge in [0.05, 0.1) is 13.2 Å². The summed E-state index contributed by atoms with van der Waals surface area (Å²) in [5, 5.41) is 21.0. The van der Waals surface area contributed by atoms with Gasteiger partial charge in [-0.1, -0.05) is 0 Å². The molecule has 0 aromatic carbocycles. The molecule has 16 heavy (non-hydrogen) atoms. The maximum absolute atomic E-state index is 10.6. The van der Waals surface area contributed by atoms with Crippen molar-refractivity contribution >= 4 is 5.97 Å². The lowest BCUT2D eigenvalue weighted by molar-refractivity contribution is -0.156. The summed E-state index contributed by atoms with van der Waals surface area (Å²) < 4.78 is 5.21. The van der Waals surface area contributed by atoms with Crippen LogP contribution in [0, 0.1) is 0 Å². The molecule has 0 saturated carbocycles. The maximum Gasteiger partial charge on any atom is 0.336 e. The fourth-order valence-electron chi connectivity index (χ4n) is 1.47. The normalized spacial score (nSPS) is 21.6. The van der Waals surface area contributed by atoms with E-state index in [1.54, 1.807) is 0 Å². The van der Waals surface area contributed by atoms with Crippen LogP contribution in [0.1, 0.15) is 6.92 Å². The summed E-state index contributed by atoms with van der Waals surface area (Å²) in [6.45, 7) is 6.21. The predicted octanol–water partition coefficient (Wildman–Crippen LogP) is -1.26. The third-order valence-corrected chi connectivity index (χ3v) is 2.64. The number of hydrogen-bond acceptors (Lipinski definition) is 5. The summed E-state index contributed by atoms with van der Waals surface area (Å²) in [4.78, 5) is 12.8. The van der Waals surface area contributed by atoms with Crippen LogP contribution in [0.2, 0.25) is 0 Å². The van der Waals surface area contributed by atoms with Gasteiger partial charge in [0, 0.05) is 32.7 Å². The highest BCUT2D eigenvalue weighted by atomic mass is 16.5. The zero-order valence-electron chi connectivity index (χ0n) is 9.61. The van der Waals surface area contributed by atoms with E-state index in [9.17, 15) is 9.90 Å². The number of aliphatic carboxylic acids is 1. The number of morpholine rings is 1. The molecule has 0 radical (unpaired) electrons. The van der Waals surface area contributed by atoms with Gasteiger partial charge in [0.25, 0.3) is 0 Å². The molecule has 1 aliphatic heterocycles. The molecule has 94 valence electrons. The Balaban J connectivity index is 2.09. The smallest absolute Gasteiger partial charge is 0.336 e. The van der Waals surface area contributed by atoms with E-state index in [0.29, 0.717) is 6.54 Å². The minimum Gasteiger partial charge on any atom is -0.479 e. The molecule has 0 spiro atoms. The van der Waals surface area contributed by atoms with Crippen molar-refractivity contribution in [3.05, 3.63) is 0 Å². The first-order chi connectivity index (χ1) is 7.52. The Labute approximate surface area is 95.2 Å². The van der Waals surface area contributed by atoms with E-state index in [0.717, 1.165) is 32.8 Å². The predicted molar refractivity (Wildman–Crippen MR) is 58.4 cm³/mol. The van der Waals surface area contributed by atoms with Gasteiger partial charge < -0.3 is 20.3 Å². The lowest BCUT2D eigenvalue weighted by Gasteiger charge is -2.27. The quantitative estimate of drug-likeness (QED) is 0.496. The van der Waals surface area contributed by atoms with Crippen LogP contribution in [0.5, 0.6) is 0 Å². The number of ether oxygens (including phenoxy) is 1. The lowest BCUT2D eigenvalue weighted by atomic mass is 10.1. The Hall–Kier alpha value is -0.690. The number of hydrogen-bond donors (Lipinski definition) is 3. The van der Waals surface area contributed by atoms with Gasteiger partial charge in [-0.3, -0.25) is 4.90 Å². The van der Waals surface area contributed by atoms with Crippen LogP contribution in [0.25, 0.3) is 0 Å².